The number of pyridine rings is 1. The van der Waals surface area contributed by atoms with Gasteiger partial charge in [-0.25, -0.2) is 9.97 Å². The molecule has 0 aliphatic rings. The van der Waals surface area contributed by atoms with Gasteiger partial charge >= 0.3 is 0 Å². The van der Waals surface area contributed by atoms with Crippen molar-refractivity contribution in [3.05, 3.63) is 78.6 Å². The number of anilines is 1. The summed E-state index contributed by atoms with van der Waals surface area (Å²) in [7, 11) is 0. The normalized spacial score (nSPS) is 11.5. The molecule has 0 radical (unpaired) electrons. The van der Waals surface area contributed by atoms with Gasteiger partial charge in [-0.15, -0.1) is 0 Å². The highest BCUT2D eigenvalue weighted by molar-refractivity contribution is 5.90. The van der Waals surface area contributed by atoms with Crippen LogP contribution in [0.3, 0.4) is 0 Å². The number of benzene rings is 1. The van der Waals surface area contributed by atoms with Crippen molar-refractivity contribution in [2.75, 3.05) is 5.32 Å². The molecule has 0 spiro atoms. The lowest BCUT2D eigenvalue weighted by molar-refractivity contribution is -0.116. The maximum Gasteiger partial charge on any atom is 0.226 e. The maximum absolute atomic E-state index is 12.7. The van der Waals surface area contributed by atoms with Crippen LogP contribution in [0.25, 0.3) is 17.1 Å². The Morgan fingerprint density at radius 1 is 1.06 bits per heavy atom. The van der Waals surface area contributed by atoms with Gasteiger partial charge in [-0.1, -0.05) is 57.2 Å². The van der Waals surface area contributed by atoms with E-state index in [2.05, 4.69) is 41.2 Å². The Morgan fingerprint density at radius 2 is 1.84 bits per heavy atom. The lowest BCUT2D eigenvalue weighted by atomic mass is 9.92. The summed E-state index contributed by atoms with van der Waals surface area (Å²) in [6.45, 7) is 6.24. The Morgan fingerprint density at radius 3 is 2.55 bits per heavy atom. The van der Waals surface area contributed by atoms with Crippen LogP contribution in [0.1, 0.15) is 38.8 Å². The van der Waals surface area contributed by atoms with Crippen LogP contribution in [-0.4, -0.2) is 25.7 Å². The first-order valence-corrected chi connectivity index (χ1v) is 10.2. The van der Waals surface area contributed by atoms with E-state index in [1.54, 1.807) is 17.1 Å². The maximum atomic E-state index is 12.7. The Bertz CT molecular complexity index is 1160. The number of amides is 1. The standard InChI is InChI=1S/C24H25N5O2/c1-24(2,3)19-15-21(29(28-19)20-11-7-8-14-25-20)27-22(30)12-13-23-26-16-18(31-23)17-9-5-4-6-10-17/h4-11,14-16H,12-13H2,1-3H3,(H,27,30). The highest BCUT2D eigenvalue weighted by atomic mass is 16.4. The Balaban J connectivity index is 1.46. The first-order valence-electron chi connectivity index (χ1n) is 10.2. The molecule has 0 saturated carbocycles. The van der Waals surface area contributed by atoms with E-state index in [1.165, 1.54) is 0 Å². The number of nitrogens with zero attached hydrogens (tertiary/aromatic N) is 4. The van der Waals surface area contributed by atoms with Gasteiger partial charge in [0.05, 0.1) is 11.9 Å². The molecule has 7 nitrogen and oxygen atoms in total. The molecule has 0 aliphatic carbocycles. The molecular weight excluding hydrogens is 390 g/mol. The zero-order valence-corrected chi connectivity index (χ0v) is 17.9. The van der Waals surface area contributed by atoms with Gasteiger partial charge in [-0.05, 0) is 12.1 Å². The van der Waals surface area contributed by atoms with E-state index in [-0.39, 0.29) is 17.7 Å². The second kappa shape index (κ2) is 8.55. The minimum atomic E-state index is -0.161. The van der Waals surface area contributed by atoms with Crippen LogP contribution < -0.4 is 5.32 Å². The van der Waals surface area contributed by atoms with E-state index in [0.29, 0.717) is 29.7 Å². The third-order valence-corrected chi connectivity index (χ3v) is 4.79. The molecule has 0 unspecified atom stereocenters. The summed E-state index contributed by atoms with van der Waals surface area (Å²) in [5.41, 5.74) is 1.67. The molecule has 158 valence electrons. The van der Waals surface area contributed by atoms with Crippen LogP contribution in [0.4, 0.5) is 5.82 Å². The number of nitrogens with one attached hydrogen (secondary N) is 1. The summed E-state index contributed by atoms with van der Waals surface area (Å²) in [6.07, 6.45) is 4.04. The van der Waals surface area contributed by atoms with Gasteiger partial charge in [-0.3, -0.25) is 4.79 Å². The van der Waals surface area contributed by atoms with Crippen molar-refractivity contribution in [2.24, 2.45) is 0 Å². The van der Waals surface area contributed by atoms with Gasteiger partial charge in [-0.2, -0.15) is 9.78 Å². The Kier molecular flexibility index (Phi) is 5.66. The van der Waals surface area contributed by atoms with Crippen molar-refractivity contribution in [1.82, 2.24) is 19.7 Å². The molecule has 0 saturated heterocycles. The molecule has 0 fully saturated rings. The quantitative estimate of drug-likeness (QED) is 0.489. The molecule has 0 atom stereocenters. The molecule has 4 aromatic rings. The molecule has 1 amide bonds. The largest absolute Gasteiger partial charge is 0.441 e. The van der Waals surface area contributed by atoms with E-state index in [4.69, 9.17) is 4.42 Å². The summed E-state index contributed by atoms with van der Waals surface area (Å²) in [6, 6.07) is 17.2. The highest BCUT2D eigenvalue weighted by Gasteiger charge is 2.22. The molecule has 1 aromatic carbocycles. The van der Waals surface area contributed by atoms with E-state index in [0.717, 1.165) is 11.3 Å². The fourth-order valence-electron chi connectivity index (χ4n) is 3.08. The predicted octanol–water partition coefficient (Wildman–Crippen LogP) is 4.79. The SMILES string of the molecule is CC(C)(C)c1cc(NC(=O)CCc2ncc(-c3ccccc3)o2)n(-c2ccccn2)n1. The molecular formula is C24H25N5O2. The van der Waals surface area contributed by atoms with Crippen LogP contribution in [0.5, 0.6) is 0 Å². The molecule has 3 heterocycles. The van der Waals surface area contributed by atoms with E-state index < -0.39 is 0 Å². The lowest BCUT2D eigenvalue weighted by Gasteiger charge is -2.13. The monoisotopic (exact) mass is 415 g/mol. The number of aryl methyl sites for hydroxylation is 1. The lowest BCUT2D eigenvalue weighted by Crippen LogP contribution is -2.16. The van der Waals surface area contributed by atoms with Crippen molar-refractivity contribution in [3.8, 4) is 17.1 Å². The van der Waals surface area contributed by atoms with Crippen molar-refractivity contribution < 1.29 is 9.21 Å². The van der Waals surface area contributed by atoms with Crippen LogP contribution in [0, 0.1) is 0 Å². The summed E-state index contributed by atoms with van der Waals surface area (Å²) in [4.78, 5) is 21.3. The van der Waals surface area contributed by atoms with Crippen molar-refractivity contribution in [2.45, 2.75) is 39.0 Å². The van der Waals surface area contributed by atoms with Crippen LogP contribution in [-0.2, 0) is 16.6 Å². The van der Waals surface area contributed by atoms with Gasteiger partial charge in [0.1, 0.15) is 5.82 Å². The molecule has 0 bridgehead atoms. The predicted molar refractivity (Wildman–Crippen MR) is 119 cm³/mol. The van der Waals surface area contributed by atoms with E-state index in [1.807, 2.05) is 54.6 Å². The van der Waals surface area contributed by atoms with Gasteiger partial charge in [0, 0.05) is 36.1 Å². The van der Waals surface area contributed by atoms with Crippen LogP contribution >= 0.6 is 0 Å². The van der Waals surface area contributed by atoms with Crippen molar-refractivity contribution in [1.29, 1.82) is 0 Å². The zero-order valence-electron chi connectivity index (χ0n) is 17.9. The van der Waals surface area contributed by atoms with E-state index in [9.17, 15) is 4.79 Å². The Hall–Kier alpha value is -3.74. The number of oxazole rings is 1. The Labute approximate surface area is 181 Å². The average molecular weight is 415 g/mol. The summed E-state index contributed by atoms with van der Waals surface area (Å²) in [5.74, 6) is 2.32. The fourth-order valence-corrected chi connectivity index (χ4v) is 3.08. The molecule has 3 aromatic heterocycles. The van der Waals surface area contributed by atoms with Gasteiger partial charge in [0.2, 0.25) is 5.91 Å². The number of rotatable bonds is 6. The van der Waals surface area contributed by atoms with Crippen LogP contribution in [0.15, 0.2) is 71.4 Å². The molecule has 1 N–H and O–H groups in total. The number of carbonyl (C=O) groups excluding carboxylic acids is 1. The number of hydrogen-bond donors (Lipinski definition) is 1. The first kappa shape index (κ1) is 20.5. The minimum absolute atomic E-state index is 0.142. The molecule has 31 heavy (non-hydrogen) atoms. The summed E-state index contributed by atoms with van der Waals surface area (Å²) >= 11 is 0. The second-order valence-corrected chi connectivity index (χ2v) is 8.30. The minimum Gasteiger partial charge on any atom is -0.441 e. The van der Waals surface area contributed by atoms with Gasteiger partial charge in [0.15, 0.2) is 17.5 Å². The highest BCUT2D eigenvalue weighted by Crippen LogP contribution is 2.26. The van der Waals surface area contributed by atoms with Crippen molar-refractivity contribution in [3.63, 3.8) is 0 Å². The molecule has 4 rings (SSSR count). The summed E-state index contributed by atoms with van der Waals surface area (Å²) < 4.78 is 7.46. The smallest absolute Gasteiger partial charge is 0.226 e. The third kappa shape index (κ3) is 4.88. The first-order chi connectivity index (χ1) is 14.9. The number of aromatic nitrogens is 4. The van der Waals surface area contributed by atoms with Crippen molar-refractivity contribution >= 4 is 11.7 Å². The summed E-state index contributed by atoms with van der Waals surface area (Å²) in [5, 5.41) is 7.63. The second-order valence-electron chi connectivity index (χ2n) is 8.30. The average Bonchev–Trinajstić information content (AvgIpc) is 3.41. The van der Waals surface area contributed by atoms with E-state index >= 15 is 0 Å². The third-order valence-electron chi connectivity index (χ3n) is 4.79. The number of hydrogen-bond acceptors (Lipinski definition) is 5. The fraction of sp³-hybridized carbons (Fsp3) is 0.250. The van der Waals surface area contributed by atoms with Crippen LogP contribution in [0.2, 0.25) is 0 Å². The van der Waals surface area contributed by atoms with Gasteiger partial charge < -0.3 is 9.73 Å². The topological polar surface area (TPSA) is 85.8 Å². The number of carbonyl (C=O) groups is 1. The molecule has 7 heteroatoms. The molecule has 0 aliphatic heterocycles. The zero-order chi connectivity index (χ0) is 21.8. The van der Waals surface area contributed by atoms with Gasteiger partial charge in [0.25, 0.3) is 0 Å².